The van der Waals surface area contributed by atoms with Crippen LogP contribution in [-0.4, -0.2) is 44.8 Å². The van der Waals surface area contributed by atoms with Gasteiger partial charge in [-0.1, -0.05) is 19.1 Å². The molecule has 4 rings (SSSR count). The molecule has 2 amide bonds. The molecule has 1 saturated carbocycles. The van der Waals surface area contributed by atoms with Crippen molar-refractivity contribution < 1.29 is 22.8 Å². The fraction of sp³-hybridized carbons (Fsp3) is 0.333. The van der Waals surface area contributed by atoms with Crippen molar-refractivity contribution in [3.05, 3.63) is 53.6 Å². The zero-order valence-corrected chi connectivity index (χ0v) is 19.8. The van der Waals surface area contributed by atoms with Gasteiger partial charge < -0.3 is 5.32 Å². The highest BCUT2D eigenvalue weighted by molar-refractivity contribution is 7.90. The lowest BCUT2D eigenvalue weighted by atomic mass is 9.97. The van der Waals surface area contributed by atoms with E-state index in [0.29, 0.717) is 17.7 Å². The normalized spacial score (nSPS) is 16.8. The van der Waals surface area contributed by atoms with Crippen LogP contribution in [0.4, 0.5) is 11.4 Å². The summed E-state index contributed by atoms with van der Waals surface area (Å²) < 4.78 is 25.0. The Bertz CT molecular complexity index is 1310. The summed E-state index contributed by atoms with van der Waals surface area (Å²) in [5, 5.41) is 8.00. The van der Waals surface area contributed by atoms with Gasteiger partial charge in [-0.2, -0.15) is 0 Å². The van der Waals surface area contributed by atoms with Gasteiger partial charge in [-0.3, -0.25) is 30.0 Å². The highest BCUT2D eigenvalue weighted by Crippen LogP contribution is 2.48. The largest absolute Gasteiger partial charge is 0.354 e. The summed E-state index contributed by atoms with van der Waals surface area (Å²) in [6.45, 7) is 2.36. The molecule has 1 aliphatic heterocycles. The Morgan fingerprint density at radius 2 is 1.88 bits per heavy atom. The molecule has 2 aromatic carbocycles. The maximum absolute atomic E-state index is 12.6. The van der Waals surface area contributed by atoms with Crippen LogP contribution in [0.3, 0.4) is 0 Å². The van der Waals surface area contributed by atoms with Gasteiger partial charge in [0.25, 0.3) is 5.91 Å². The number of guanidine groups is 1. The predicted octanol–water partition coefficient (Wildman–Crippen LogP) is 2.81. The molecule has 0 aromatic heterocycles. The third kappa shape index (κ3) is 5.69. The molecule has 1 fully saturated rings. The molecule has 0 radical (unpaired) electrons. The lowest BCUT2D eigenvalue weighted by Crippen LogP contribution is -2.46. The first kappa shape index (κ1) is 23.6. The minimum atomic E-state index is -3.70. The Hall–Kier alpha value is -3.53. The zero-order chi connectivity index (χ0) is 24.5. The van der Waals surface area contributed by atoms with Crippen LogP contribution in [0.25, 0.3) is 0 Å². The lowest BCUT2D eigenvalue weighted by molar-refractivity contribution is -0.119. The van der Waals surface area contributed by atoms with E-state index < -0.39 is 15.7 Å². The molecule has 9 nitrogen and oxygen atoms in total. The van der Waals surface area contributed by atoms with Crippen molar-refractivity contribution in [1.82, 2.24) is 10.6 Å². The molecule has 2 aliphatic rings. The van der Waals surface area contributed by atoms with Gasteiger partial charge in [-0.05, 0) is 48.6 Å². The molecular weight excluding hydrogens is 456 g/mol. The van der Waals surface area contributed by atoms with E-state index in [1.54, 1.807) is 24.3 Å². The van der Waals surface area contributed by atoms with Crippen LogP contribution in [0.1, 0.15) is 53.3 Å². The maximum Gasteiger partial charge on any atom is 0.258 e. The van der Waals surface area contributed by atoms with Crippen LogP contribution in [0, 0.1) is 5.41 Å². The first-order valence-electron chi connectivity index (χ1n) is 10.9. The fourth-order valence-electron chi connectivity index (χ4n) is 3.63. The summed E-state index contributed by atoms with van der Waals surface area (Å²) in [5.74, 6) is -0.769. The number of aliphatic imine (C=N–C) groups is 1. The van der Waals surface area contributed by atoms with Crippen molar-refractivity contribution in [3.63, 3.8) is 0 Å². The molecule has 178 valence electrons. The number of carbonyl (C=O) groups excluding carboxylic acids is 3. The third-order valence-corrected chi connectivity index (χ3v) is 7.03. The molecule has 1 aliphatic carbocycles. The van der Waals surface area contributed by atoms with E-state index in [1.807, 2.05) is 0 Å². The summed E-state index contributed by atoms with van der Waals surface area (Å²) in [6, 6.07) is 11.2. The van der Waals surface area contributed by atoms with Crippen LogP contribution in [0.5, 0.6) is 0 Å². The number of nitrogens with zero attached hydrogens (tertiary/aromatic N) is 1. The second-order valence-electron chi connectivity index (χ2n) is 9.08. The van der Waals surface area contributed by atoms with Gasteiger partial charge in [0.05, 0.1) is 17.1 Å². The molecule has 0 spiro atoms. The third-order valence-electron chi connectivity index (χ3n) is 5.90. The second-order valence-corrected chi connectivity index (χ2v) is 11.1. The quantitative estimate of drug-likeness (QED) is 0.520. The molecule has 1 heterocycles. The van der Waals surface area contributed by atoms with Crippen molar-refractivity contribution in [2.75, 3.05) is 18.1 Å². The Labute approximate surface area is 198 Å². The number of hydrogen-bond donors (Lipinski definition) is 3. The number of carbonyl (C=O) groups is 3. The number of anilines is 2. The summed E-state index contributed by atoms with van der Waals surface area (Å²) in [5.41, 5.74) is 1.58. The first-order valence-corrected chi connectivity index (χ1v) is 12.8. The van der Waals surface area contributed by atoms with Gasteiger partial charge in [0.1, 0.15) is 0 Å². The van der Waals surface area contributed by atoms with E-state index in [9.17, 15) is 22.8 Å². The Morgan fingerprint density at radius 3 is 2.56 bits per heavy atom. The minimum Gasteiger partial charge on any atom is -0.354 e. The lowest BCUT2D eigenvalue weighted by Gasteiger charge is -2.16. The molecule has 0 unspecified atom stereocenters. The van der Waals surface area contributed by atoms with Gasteiger partial charge in [-0.25, -0.2) is 8.42 Å². The monoisotopic (exact) mass is 482 g/mol. The van der Waals surface area contributed by atoms with Crippen molar-refractivity contribution in [1.29, 1.82) is 0 Å². The van der Waals surface area contributed by atoms with Crippen LogP contribution >= 0.6 is 0 Å². The fourth-order valence-corrected chi connectivity index (χ4v) is 4.49. The van der Waals surface area contributed by atoms with Gasteiger partial charge in [0.2, 0.25) is 11.9 Å². The summed E-state index contributed by atoms with van der Waals surface area (Å²) in [6.07, 6.45) is 3.88. The summed E-state index contributed by atoms with van der Waals surface area (Å²) in [7, 11) is -3.70. The topological polar surface area (TPSA) is 134 Å². The average Bonchev–Trinajstić information content (AvgIpc) is 3.50. The highest BCUT2D eigenvalue weighted by Gasteiger charge is 2.39. The summed E-state index contributed by atoms with van der Waals surface area (Å²) >= 11 is 0. The van der Waals surface area contributed by atoms with Crippen molar-refractivity contribution >= 4 is 44.8 Å². The number of rotatable bonds is 7. The van der Waals surface area contributed by atoms with Gasteiger partial charge in [0, 0.05) is 35.9 Å². The van der Waals surface area contributed by atoms with E-state index in [1.165, 1.54) is 18.2 Å². The minimum absolute atomic E-state index is 0.0332. The van der Waals surface area contributed by atoms with Crippen LogP contribution < -0.4 is 16.0 Å². The first-order chi connectivity index (χ1) is 16.0. The van der Waals surface area contributed by atoms with E-state index >= 15 is 0 Å². The smallest absolute Gasteiger partial charge is 0.258 e. The number of nitrogens with one attached hydrogen (secondary N) is 3. The zero-order valence-electron chi connectivity index (χ0n) is 19.0. The predicted molar refractivity (Wildman–Crippen MR) is 128 cm³/mol. The van der Waals surface area contributed by atoms with Gasteiger partial charge in [0.15, 0.2) is 15.6 Å². The molecular formula is C24H26N4O5S. The average molecular weight is 483 g/mol. The number of benzene rings is 2. The van der Waals surface area contributed by atoms with Crippen LogP contribution in [-0.2, 0) is 14.6 Å². The van der Waals surface area contributed by atoms with Crippen molar-refractivity contribution in [2.24, 2.45) is 10.4 Å². The molecule has 0 atom stereocenters. The van der Waals surface area contributed by atoms with Crippen molar-refractivity contribution in [3.8, 4) is 0 Å². The van der Waals surface area contributed by atoms with Gasteiger partial charge >= 0.3 is 0 Å². The number of ketones is 1. The van der Waals surface area contributed by atoms with E-state index in [4.69, 9.17) is 0 Å². The van der Waals surface area contributed by atoms with E-state index in [2.05, 4.69) is 27.9 Å². The number of hydrogen-bond acceptors (Lipinski definition) is 7. The Morgan fingerprint density at radius 1 is 1.12 bits per heavy atom. The van der Waals surface area contributed by atoms with E-state index in [-0.39, 0.29) is 52.2 Å². The molecule has 3 N–H and O–H groups in total. The van der Waals surface area contributed by atoms with Crippen LogP contribution in [0.15, 0.2) is 52.4 Å². The summed E-state index contributed by atoms with van der Waals surface area (Å²) in [4.78, 5) is 40.7. The maximum atomic E-state index is 12.6. The Kier molecular flexibility index (Phi) is 6.26. The number of amides is 2. The van der Waals surface area contributed by atoms with Crippen molar-refractivity contribution in [2.45, 2.75) is 37.5 Å². The van der Waals surface area contributed by atoms with E-state index in [0.717, 1.165) is 19.1 Å². The number of sulfone groups is 1. The standard InChI is InChI=1S/C24H26N4O5S/c1-24(9-10-24)14-19(29)15-4-3-5-17(12-15)26-18-7-6-16(13-20(18)34(2,32)33)22(31)28-23-25-11-8-21(30)27-23/h3-7,12-13,26H,8-11,14H2,1-2H3,(H2,25,27,28,30,31). The number of Topliss-reactive ketones (excluding diaryl/α,β-unsaturated/α-hetero) is 1. The highest BCUT2D eigenvalue weighted by atomic mass is 32.2. The second kappa shape index (κ2) is 9.02. The molecule has 0 bridgehead atoms. The Balaban J connectivity index is 1.56. The molecule has 34 heavy (non-hydrogen) atoms. The molecule has 0 saturated heterocycles. The molecule has 10 heteroatoms. The molecule has 2 aromatic rings. The van der Waals surface area contributed by atoms with Gasteiger partial charge in [-0.15, -0.1) is 0 Å². The SMILES string of the molecule is CC1(CC(=O)c2cccc(Nc3ccc(C(=O)NC4=NCCC(=O)N4)cc3S(C)(=O)=O)c2)CC1. The van der Waals surface area contributed by atoms with Crippen LogP contribution in [0.2, 0.25) is 0 Å².